The molecule has 1 atom stereocenters. The van der Waals surface area contributed by atoms with E-state index in [1.165, 1.54) is 0 Å². The Morgan fingerprint density at radius 3 is 3.05 bits per heavy atom. The van der Waals surface area contributed by atoms with Gasteiger partial charge in [0.05, 0.1) is 22.8 Å². The van der Waals surface area contributed by atoms with Crippen LogP contribution in [0.5, 0.6) is 0 Å². The minimum atomic E-state index is -0.110. The molecule has 2 N–H and O–H groups in total. The molecule has 3 rings (SSSR count). The molecule has 1 aliphatic heterocycles. The van der Waals surface area contributed by atoms with E-state index in [0.29, 0.717) is 17.3 Å². The molecule has 1 aromatic heterocycles. The first-order chi connectivity index (χ1) is 9.74. The van der Waals surface area contributed by atoms with E-state index in [-0.39, 0.29) is 11.8 Å². The number of carbonyl (C=O) groups excluding carboxylic acids is 1. The van der Waals surface area contributed by atoms with Crippen molar-refractivity contribution in [2.24, 2.45) is 5.92 Å². The molecule has 2 aromatic rings. The monoisotopic (exact) mass is 287 g/mol. The number of anilines is 2. The van der Waals surface area contributed by atoms with Gasteiger partial charge in [0, 0.05) is 18.4 Å². The first-order valence-electron chi connectivity index (χ1n) is 6.46. The molecule has 102 valence electrons. The fraction of sp³-hybridized carbons (Fsp3) is 0.200. The minimum absolute atomic E-state index is 0.0399. The second-order valence-electron chi connectivity index (χ2n) is 4.78. The van der Waals surface area contributed by atoms with Crippen LogP contribution in [-0.2, 0) is 11.2 Å². The Morgan fingerprint density at radius 2 is 2.20 bits per heavy atom. The lowest BCUT2D eigenvalue weighted by Gasteiger charge is -2.25. The van der Waals surface area contributed by atoms with Crippen molar-refractivity contribution in [1.29, 1.82) is 0 Å². The summed E-state index contributed by atoms with van der Waals surface area (Å²) in [5.74, 6) is -0.150. The zero-order valence-electron chi connectivity index (χ0n) is 10.8. The van der Waals surface area contributed by atoms with E-state index in [2.05, 4.69) is 15.6 Å². The highest BCUT2D eigenvalue weighted by atomic mass is 35.5. The molecule has 2 heterocycles. The standard InChI is InChI=1S/C15H14ClN3O/c16-12-5-6-17-9-14(12)19-15(20)11-7-10-3-1-2-4-13(10)18-8-11/h1-6,9,11,18H,7-8H2,(H,19,20). The average molecular weight is 288 g/mol. The number of amides is 1. The van der Waals surface area contributed by atoms with Crippen molar-refractivity contribution >= 4 is 28.9 Å². The van der Waals surface area contributed by atoms with Crippen molar-refractivity contribution in [3.05, 3.63) is 53.3 Å². The molecule has 0 spiro atoms. The molecule has 0 saturated heterocycles. The summed E-state index contributed by atoms with van der Waals surface area (Å²) < 4.78 is 0. The summed E-state index contributed by atoms with van der Waals surface area (Å²) in [6.07, 6.45) is 3.88. The SMILES string of the molecule is O=C(Nc1cnccc1Cl)C1CNc2ccccc2C1. The highest BCUT2D eigenvalue weighted by molar-refractivity contribution is 6.33. The second kappa shape index (κ2) is 5.51. The molecule has 0 aliphatic carbocycles. The van der Waals surface area contributed by atoms with Gasteiger partial charge in [-0.1, -0.05) is 29.8 Å². The maximum Gasteiger partial charge on any atom is 0.229 e. The van der Waals surface area contributed by atoms with Crippen LogP contribution >= 0.6 is 11.6 Å². The lowest BCUT2D eigenvalue weighted by Crippen LogP contribution is -2.33. The Kier molecular flexibility index (Phi) is 3.56. The zero-order chi connectivity index (χ0) is 13.9. The van der Waals surface area contributed by atoms with Crippen LogP contribution in [0.1, 0.15) is 5.56 Å². The fourth-order valence-corrected chi connectivity index (χ4v) is 2.48. The summed E-state index contributed by atoms with van der Waals surface area (Å²) in [5, 5.41) is 6.62. The zero-order valence-corrected chi connectivity index (χ0v) is 11.5. The number of hydrogen-bond donors (Lipinski definition) is 2. The van der Waals surface area contributed by atoms with Crippen LogP contribution in [0.4, 0.5) is 11.4 Å². The van der Waals surface area contributed by atoms with E-state index in [0.717, 1.165) is 17.7 Å². The van der Waals surface area contributed by atoms with E-state index in [1.54, 1.807) is 18.5 Å². The quantitative estimate of drug-likeness (QED) is 0.893. The van der Waals surface area contributed by atoms with Crippen LogP contribution in [0.3, 0.4) is 0 Å². The second-order valence-corrected chi connectivity index (χ2v) is 5.19. The Bertz CT molecular complexity index is 645. The van der Waals surface area contributed by atoms with E-state index in [1.807, 2.05) is 24.3 Å². The van der Waals surface area contributed by atoms with Crippen LogP contribution in [0.25, 0.3) is 0 Å². The Labute approximate surface area is 122 Å². The summed E-state index contributed by atoms with van der Waals surface area (Å²) in [5.41, 5.74) is 2.82. The van der Waals surface area contributed by atoms with Gasteiger partial charge >= 0.3 is 0 Å². The molecule has 0 radical (unpaired) electrons. The highest BCUT2D eigenvalue weighted by Gasteiger charge is 2.24. The van der Waals surface area contributed by atoms with Crippen LogP contribution in [-0.4, -0.2) is 17.4 Å². The van der Waals surface area contributed by atoms with Crippen LogP contribution in [0.2, 0.25) is 5.02 Å². The van der Waals surface area contributed by atoms with Crippen LogP contribution in [0.15, 0.2) is 42.7 Å². The lowest BCUT2D eigenvalue weighted by molar-refractivity contribution is -0.119. The van der Waals surface area contributed by atoms with E-state index in [4.69, 9.17) is 11.6 Å². The van der Waals surface area contributed by atoms with Gasteiger partial charge in [-0.2, -0.15) is 0 Å². The molecule has 1 aliphatic rings. The van der Waals surface area contributed by atoms with Gasteiger partial charge in [-0.15, -0.1) is 0 Å². The van der Waals surface area contributed by atoms with E-state index < -0.39 is 0 Å². The van der Waals surface area contributed by atoms with Gasteiger partial charge in [0.25, 0.3) is 0 Å². The van der Waals surface area contributed by atoms with Gasteiger partial charge in [-0.3, -0.25) is 9.78 Å². The molecule has 1 unspecified atom stereocenters. The molecule has 5 heteroatoms. The molecule has 4 nitrogen and oxygen atoms in total. The maximum absolute atomic E-state index is 12.3. The first kappa shape index (κ1) is 12.9. The molecule has 1 aromatic carbocycles. The molecular formula is C15H14ClN3O. The fourth-order valence-electron chi connectivity index (χ4n) is 2.33. The van der Waals surface area contributed by atoms with Gasteiger partial charge < -0.3 is 10.6 Å². The molecule has 0 bridgehead atoms. The van der Waals surface area contributed by atoms with Gasteiger partial charge in [0.15, 0.2) is 0 Å². The number of para-hydroxylation sites is 1. The largest absolute Gasteiger partial charge is 0.384 e. The van der Waals surface area contributed by atoms with Crippen LogP contribution in [0, 0.1) is 5.92 Å². The van der Waals surface area contributed by atoms with Crippen molar-refractivity contribution in [3.8, 4) is 0 Å². The number of fused-ring (bicyclic) bond motifs is 1. The minimum Gasteiger partial charge on any atom is -0.384 e. The van der Waals surface area contributed by atoms with Gasteiger partial charge in [0.2, 0.25) is 5.91 Å². The normalized spacial score (nSPS) is 16.9. The van der Waals surface area contributed by atoms with E-state index in [9.17, 15) is 4.79 Å². The third-order valence-electron chi connectivity index (χ3n) is 3.42. The number of hydrogen-bond acceptors (Lipinski definition) is 3. The van der Waals surface area contributed by atoms with Crippen molar-refractivity contribution in [2.75, 3.05) is 17.2 Å². The number of benzene rings is 1. The Morgan fingerprint density at radius 1 is 1.35 bits per heavy atom. The number of pyridine rings is 1. The lowest BCUT2D eigenvalue weighted by atomic mass is 9.93. The number of rotatable bonds is 2. The number of aromatic nitrogens is 1. The molecule has 20 heavy (non-hydrogen) atoms. The third-order valence-corrected chi connectivity index (χ3v) is 3.75. The molecule has 0 saturated carbocycles. The van der Waals surface area contributed by atoms with E-state index >= 15 is 0 Å². The molecule has 1 amide bonds. The Balaban J connectivity index is 1.72. The predicted molar refractivity (Wildman–Crippen MR) is 80.0 cm³/mol. The number of carbonyl (C=O) groups is 1. The Hall–Kier alpha value is -2.07. The number of nitrogens with zero attached hydrogens (tertiary/aromatic N) is 1. The van der Waals surface area contributed by atoms with Crippen LogP contribution < -0.4 is 10.6 Å². The summed E-state index contributed by atoms with van der Waals surface area (Å²) in [6, 6.07) is 9.70. The third kappa shape index (κ3) is 2.60. The van der Waals surface area contributed by atoms with Gasteiger partial charge in [0.1, 0.15) is 0 Å². The maximum atomic E-state index is 12.3. The number of nitrogens with one attached hydrogen (secondary N) is 2. The smallest absolute Gasteiger partial charge is 0.229 e. The highest BCUT2D eigenvalue weighted by Crippen LogP contribution is 2.26. The van der Waals surface area contributed by atoms with Gasteiger partial charge in [-0.05, 0) is 24.1 Å². The first-order valence-corrected chi connectivity index (χ1v) is 6.84. The van der Waals surface area contributed by atoms with Gasteiger partial charge in [-0.25, -0.2) is 0 Å². The summed E-state index contributed by atoms with van der Waals surface area (Å²) in [7, 11) is 0. The van der Waals surface area contributed by atoms with Crippen molar-refractivity contribution < 1.29 is 4.79 Å². The summed E-state index contributed by atoms with van der Waals surface area (Å²) >= 11 is 6.02. The summed E-state index contributed by atoms with van der Waals surface area (Å²) in [4.78, 5) is 16.3. The molecular weight excluding hydrogens is 274 g/mol. The van der Waals surface area contributed by atoms with Crippen molar-refractivity contribution in [2.45, 2.75) is 6.42 Å². The predicted octanol–water partition coefficient (Wildman–Crippen LogP) is 2.96. The summed E-state index contributed by atoms with van der Waals surface area (Å²) in [6.45, 7) is 0.626. The average Bonchev–Trinajstić information content (AvgIpc) is 2.49. The number of halogens is 1. The topological polar surface area (TPSA) is 54.0 Å². The van der Waals surface area contributed by atoms with Crippen molar-refractivity contribution in [1.82, 2.24) is 4.98 Å². The molecule has 0 fully saturated rings. The van der Waals surface area contributed by atoms with Crippen molar-refractivity contribution in [3.63, 3.8) is 0 Å².